The Morgan fingerprint density at radius 1 is 1.29 bits per heavy atom. The molecule has 1 aromatic rings. The Balaban J connectivity index is 1.74. The van der Waals surface area contributed by atoms with Crippen LogP contribution in [-0.2, 0) is 16.0 Å². The van der Waals surface area contributed by atoms with Gasteiger partial charge in [0.2, 0.25) is 18.1 Å². The number of hydroxylamine groups is 2. The Morgan fingerprint density at radius 3 is 2.59 bits per heavy atom. The molecular formula is C23H38FN7O3. The first-order valence-electron chi connectivity index (χ1n) is 12.2. The molecule has 1 aromatic heterocycles. The standard InChI is InChI=1S/C23H38FN7O3/c1-5-19-25-21(20(24)22(26-19)30-11-15(2)18(13-30)29(3)4)27-28-23(33)17(12-31(34)14-32)10-16-8-6-7-9-16/h14-18,34H,5-13H2,1-4H3,(H,28,33)(H,25,26,27)/t15-,17+,18+/m0/s1. The van der Waals surface area contributed by atoms with Gasteiger partial charge < -0.3 is 9.80 Å². The monoisotopic (exact) mass is 479 g/mol. The third-order valence-corrected chi connectivity index (χ3v) is 7.03. The van der Waals surface area contributed by atoms with Gasteiger partial charge >= 0.3 is 0 Å². The van der Waals surface area contributed by atoms with E-state index in [1.807, 2.05) is 25.9 Å². The summed E-state index contributed by atoms with van der Waals surface area (Å²) in [6.45, 7) is 5.23. The Bertz CT molecular complexity index is 850. The van der Waals surface area contributed by atoms with Crippen molar-refractivity contribution < 1.29 is 19.2 Å². The zero-order valence-electron chi connectivity index (χ0n) is 20.6. The van der Waals surface area contributed by atoms with Crippen molar-refractivity contribution in [2.24, 2.45) is 17.8 Å². The summed E-state index contributed by atoms with van der Waals surface area (Å²) in [5, 5.41) is 10.1. The third-order valence-electron chi connectivity index (χ3n) is 7.03. The first-order valence-corrected chi connectivity index (χ1v) is 12.2. The van der Waals surface area contributed by atoms with Crippen LogP contribution < -0.4 is 15.8 Å². The zero-order valence-corrected chi connectivity index (χ0v) is 20.6. The number of amides is 2. The predicted octanol–water partition coefficient (Wildman–Crippen LogP) is 2.05. The molecule has 3 rings (SSSR count). The van der Waals surface area contributed by atoms with Gasteiger partial charge in [0.05, 0.1) is 12.5 Å². The summed E-state index contributed by atoms with van der Waals surface area (Å²) in [5.74, 6) is -0.342. The van der Waals surface area contributed by atoms with Crippen LogP contribution in [0.4, 0.5) is 16.0 Å². The first kappa shape index (κ1) is 26.1. The van der Waals surface area contributed by atoms with Crippen LogP contribution in [-0.4, -0.2) is 77.2 Å². The lowest BCUT2D eigenvalue weighted by Gasteiger charge is -2.24. The normalized spacial score (nSPS) is 21.7. The van der Waals surface area contributed by atoms with Crippen LogP contribution in [0.2, 0.25) is 0 Å². The smallest absolute Gasteiger partial charge is 0.243 e. The lowest BCUT2D eigenvalue weighted by atomic mass is 9.92. The topological polar surface area (TPSA) is 114 Å². The third kappa shape index (κ3) is 6.32. The summed E-state index contributed by atoms with van der Waals surface area (Å²) in [6.07, 6.45) is 5.63. The second-order valence-corrected chi connectivity index (χ2v) is 9.82. The van der Waals surface area contributed by atoms with Crippen LogP contribution in [0.5, 0.6) is 0 Å². The van der Waals surface area contributed by atoms with E-state index in [4.69, 9.17) is 0 Å². The van der Waals surface area contributed by atoms with Crippen molar-refractivity contribution in [2.45, 2.75) is 58.4 Å². The Morgan fingerprint density at radius 2 is 2.00 bits per heavy atom. The largest absolute Gasteiger partial charge is 0.352 e. The quantitative estimate of drug-likeness (QED) is 0.251. The molecule has 1 aliphatic heterocycles. The molecule has 0 radical (unpaired) electrons. The number of rotatable bonds is 11. The highest BCUT2D eigenvalue weighted by atomic mass is 19.1. The van der Waals surface area contributed by atoms with E-state index in [9.17, 15) is 14.8 Å². The predicted molar refractivity (Wildman–Crippen MR) is 127 cm³/mol. The number of aromatic nitrogens is 2. The van der Waals surface area contributed by atoms with E-state index in [1.165, 1.54) is 0 Å². The molecule has 1 saturated heterocycles. The fourth-order valence-corrected chi connectivity index (χ4v) is 5.13. The van der Waals surface area contributed by atoms with Crippen LogP contribution in [0.25, 0.3) is 0 Å². The van der Waals surface area contributed by atoms with E-state index in [1.54, 1.807) is 0 Å². The van der Waals surface area contributed by atoms with Gasteiger partial charge in [-0.25, -0.2) is 15.0 Å². The van der Waals surface area contributed by atoms with Crippen molar-refractivity contribution in [2.75, 3.05) is 44.1 Å². The molecule has 0 spiro atoms. The van der Waals surface area contributed by atoms with Crippen LogP contribution in [0.1, 0.15) is 51.8 Å². The van der Waals surface area contributed by atoms with E-state index in [0.717, 1.165) is 25.7 Å². The van der Waals surface area contributed by atoms with Gasteiger partial charge in [-0.15, -0.1) is 0 Å². The SMILES string of the molecule is CCc1nc(NNC(=O)[C@H](CC2CCCC2)CN(O)C=O)c(F)c(N2C[C@@H](N(C)C)[C@@H](C)C2)n1. The van der Waals surface area contributed by atoms with Crippen molar-refractivity contribution in [1.82, 2.24) is 25.4 Å². The summed E-state index contributed by atoms with van der Waals surface area (Å²) in [6, 6.07) is 0.283. The Hall–Kier alpha value is -2.53. The number of nitrogens with one attached hydrogen (secondary N) is 2. The van der Waals surface area contributed by atoms with Gasteiger partial charge in [-0.1, -0.05) is 39.5 Å². The number of carbonyl (C=O) groups is 2. The molecule has 1 aliphatic carbocycles. The molecule has 3 atom stereocenters. The van der Waals surface area contributed by atoms with Gasteiger partial charge in [-0.2, -0.15) is 4.39 Å². The molecule has 190 valence electrons. The second-order valence-electron chi connectivity index (χ2n) is 9.82. The highest BCUT2D eigenvalue weighted by Crippen LogP contribution is 2.31. The number of hydrogen-bond acceptors (Lipinski definition) is 8. The van der Waals surface area contributed by atoms with E-state index >= 15 is 4.39 Å². The van der Waals surface area contributed by atoms with Crippen LogP contribution in [0, 0.1) is 23.6 Å². The van der Waals surface area contributed by atoms with Gasteiger partial charge in [-0.3, -0.25) is 25.6 Å². The lowest BCUT2D eigenvalue weighted by Crippen LogP contribution is -2.41. The molecule has 0 bridgehead atoms. The van der Waals surface area contributed by atoms with E-state index < -0.39 is 17.6 Å². The van der Waals surface area contributed by atoms with E-state index in [-0.39, 0.29) is 30.6 Å². The fourth-order valence-electron chi connectivity index (χ4n) is 5.13. The molecule has 0 aromatic carbocycles. The fraction of sp³-hybridized carbons (Fsp3) is 0.739. The number of likely N-dealkylation sites (N-methyl/N-ethyl adjacent to an activating group) is 1. The molecule has 2 fully saturated rings. The summed E-state index contributed by atoms with van der Waals surface area (Å²) in [7, 11) is 4.03. The number of halogens is 1. The second kappa shape index (κ2) is 11.7. The number of hydrogen-bond donors (Lipinski definition) is 3. The first-order chi connectivity index (χ1) is 16.2. The molecule has 0 unspecified atom stereocenters. The molecule has 1 saturated carbocycles. The van der Waals surface area contributed by atoms with Gasteiger partial charge in [0.1, 0.15) is 5.82 Å². The van der Waals surface area contributed by atoms with Gasteiger partial charge in [-0.05, 0) is 32.4 Å². The molecule has 2 amide bonds. The number of hydrazine groups is 1. The molecule has 10 nitrogen and oxygen atoms in total. The molecular weight excluding hydrogens is 441 g/mol. The van der Waals surface area contributed by atoms with E-state index in [2.05, 4.69) is 32.6 Å². The summed E-state index contributed by atoms with van der Waals surface area (Å²) in [4.78, 5) is 36.6. The number of aryl methyl sites for hydroxylation is 1. The minimum absolute atomic E-state index is 0.0907. The van der Waals surface area contributed by atoms with Gasteiger partial charge in [0.15, 0.2) is 11.6 Å². The summed E-state index contributed by atoms with van der Waals surface area (Å²) in [5.41, 5.74) is 5.19. The van der Waals surface area contributed by atoms with Crippen molar-refractivity contribution >= 4 is 24.0 Å². The number of anilines is 2. The highest BCUT2D eigenvalue weighted by molar-refractivity contribution is 5.80. The number of carbonyl (C=O) groups excluding carboxylic acids is 2. The molecule has 2 heterocycles. The molecule has 2 aliphatic rings. The average Bonchev–Trinajstić information content (AvgIpc) is 3.47. The maximum Gasteiger partial charge on any atom is 0.243 e. The Kier molecular flexibility index (Phi) is 9.01. The lowest BCUT2D eigenvalue weighted by molar-refractivity contribution is -0.154. The van der Waals surface area contributed by atoms with Crippen LogP contribution >= 0.6 is 0 Å². The van der Waals surface area contributed by atoms with Crippen molar-refractivity contribution in [3.05, 3.63) is 11.6 Å². The molecule has 3 N–H and O–H groups in total. The Labute approximate surface area is 200 Å². The zero-order chi connectivity index (χ0) is 24.8. The summed E-state index contributed by atoms with van der Waals surface area (Å²) >= 11 is 0. The van der Waals surface area contributed by atoms with Crippen molar-refractivity contribution in [1.29, 1.82) is 0 Å². The van der Waals surface area contributed by atoms with Gasteiger partial charge in [0, 0.05) is 25.6 Å². The maximum absolute atomic E-state index is 15.5. The van der Waals surface area contributed by atoms with Crippen LogP contribution in [0.3, 0.4) is 0 Å². The number of nitrogens with zero attached hydrogens (tertiary/aromatic N) is 5. The van der Waals surface area contributed by atoms with Crippen molar-refractivity contribution in [3.8, 4) is 0 Å². The molecule has 11 heteroatoms. The van der Waals surface area contributed by atoms with Gasteiger partial charge in [0.25, 0.3) is 0 Å². The van der Waals surface area contributed by atoms with Crippen molar-refractivity contribution in [3.63, 3.8) is 0 Å². The minimum Gasteiger partial charge on any atom is -0.352 e. The van der Waals surface area contributed by atoms with E-state index in [0.29, 0.717) is 48.7 Å². The maximum atomic E-state index is 15.5. The molecule has 34 heavy (non-hydrogen) atoms. The summed E-state index contributed by atoms with van der Waals surface area (Å²) < 4.78 is 15.5. The highest BCUT2D eigenvalue weighted by Gasteiger charge is 2.34. The minimum atomic E-state index is -0.624. The average molecular weight is 480 g/mol. The van der Waals surface area contributed by atoms with Crippen LogP contribution in [0.15, 0.2) is 0 Å².